The number of benzene rings is 2. The van der Waals surface area contributed by atoms with E-state index in [-0.39, 0.29) is 4.90 Å². The van der Waals surface area contributed by atoms with Gasteiger partial charge in [-0.3, -0.25) is 0 Å². The molecule has 1 fully saturated rings. The van der Waals surface area contributed by atoms with Crippen molar-refractivity contribution in [3.8, 4) is 11.5 Å². The van der Waals surface area contributed by atoms with Crippen molar-refractivity contribution < 1.29 is 22.6 Å². The van der Waals surface area contributed by atoms with Crippen molar-refractivity contribution in [1.82, 2.24) is 4.72 Å². The van der Waals surface area contributed by atoms with Gasteiger partial charge in [-0.1, -0.05) is 12.1 Å². The van der Waals surface area contributed by atoms with Crippen LogP contribution in [0.25, 0.3) is 0 Å². The molecular formula is C21H26N2O5S. The first kappa shape index (κ1) is 20.0. The van der Waals surface area contributed by atoms with Crippen LogP contribution in [0.5, 0.6) is 11.5 Å². The Balaban J connectivity index is 1.27. The SMILES string of the molecule is O=S(=O)(NCCCc1ccc(N2CCOCC2)cc1)c1ccc2c(c1)OCCO2. The summed E-state index contributed by atoms with van der Waals surface area (Å²) in [6, 6.07) is 13.2. The van der Waals surface area contributed by atoms with Gasteiger partial charge in [0.05, 0.1) is 18.1 Å². The van der Waals surface area contributed by atoms with Gasteiger partial charge in [-0.25, -0.2) is 13.1 Å². The number of nitrogens with one attached hydrogen (secondary N) is 1. The summed E-state index contributed by atoms with van der Waals surface area (Å²) in [7, 11) is -3.57. The lowest BCUT2D eigenvalue weighted by Gasteiger charge is -2.28. The molecule has 2 aromatic rings. The van der Waals surface area contributed by atoms with Crippen molar-refractivity contribution in [2.75, 3.05) is 51.0 Å². The van der Waals surface area contributed by atoms with E-state index in [1.54, 1.807) is 12.1 Å². The van der Waals surface area contributed by atoms with E-state index in [0.717, 1.165) is 39.1 Å². The number of anilines is 1. The zero-order chi connectivity index (χ0) is 20.1. The maximum atomic E-state index is 12.5. The molecule has 156 valence electrons. The Kier molecular flexibility index (Phi) is 6.22. The maximum absolute atomic E-state index is 12.5. The van der Waals surface area contributed by atoms with Gasteiger partial charge in [-0.2, -0.15) is 0 Å². The van der Waals surface area contributed by atoms with Crippen molar-refractivity contribution in [1.29, 1.82) is 0 Å². The molecule has 0 aliphatic carbocycles. The van der Waals surface area contributed by atoms with Crippen LogP contribution in [-0.2, 0) is 21.2 Å². The minimum Gasteiger partial charge on any atom is -0.486 e. The van der Waals surface area contributed by atoms with E-state index in [2.05, 4.69) is 33.9 Å². The summed E-state index contributed by atoms with van der Waals surface area (Å²) in [4.78, 5) is 2.51. The Hall–Kier alpha value is -2.29. The molecule has 2 aromatic carbocycles. The third kappa shape index (κ3) is 5.01. The molecule has 2 aliphatic heterocycles. The fourth-order valence-corrected chi connectivity index (χ4v) is 4.56. The lowest BCUT2D eigenvalue weighted by atomic mass is 10.1. The van der Waals surface area contributed by atoms with E-state index in [1.165, 1.54) is 17.3 Å². The standard InChI is InChI=1S/C21H26N2O5S/c24-29(25,19-7-8-20-21(16-19)28-15-14-27-20)22-9-1-2-17-3-5-18(6-4-17)23-10-12-26-13-11-23/h3-8,16,22H,1-2,9-15H2. The molecule has 29 heavy (non-hydrogen) atoms. The molecule has 1 N–H and O–H groups in total. The third-order valence-corrected chi connectivity index (χ3v) is 6.53. The first-order valence-corrected chi connectivity index (χ1v) is 11.4. The van der Waals surface area contributed by atoms with Gasteiger partial charge in [0.25, 0.3) is 0 Å². The molecule has 7 nitrogen and oxygen atoms in total. The van der Waals surface area contributed by atoms with Gasteiger partial charge in [0.2, 0.25) is 10.0 Å². The summed E-state index contributed by atoms with van der Waals surface area (Å²) in [5.74, 6) is 1.05. The third-order valence-electron chi connectivity index (χ3n) is 5.07. The molecule has 0 saturated carbocycles. The van der Waals surface area contributed by atoms with E-state index in [1.807, 2.05) is 0 Å². The number of hydrogen-bond acceptors (Lipinski definition) is 6. The van der Waals surface area contributed by atoms with E-state index in [4.69, 9.17) is 14.2 Å². The molecule has 2 heterocycles. The van der Waals surface area contributed by atoms with Crippen molar-refractivity contribution in [2.45, 2.75) is 17.7 Å². The van der Waals surface area contributed by atoms with Gasteiger partial charge >= 0.3 is 0 Å². The van der Waals surface area contributed by atoms with E-state index >= 15 is 0 Å². The quantitative estimate of drug-likeness (QED) is 0.695. The predicted octanol–water partition coefficient (Wildman–Crippen LogP) is 2.21. The minimum atomic E-state index is -3.57. The monoisotopic (exact) mass is 418 g/mol. The van der Waals surface area contributed by atoms with Crippen LogP contribution in [0.4, 0.5) is 5.69 Å². The zero-order valence-electron chi connectivity index (χ0n) is 16.3. The zero-order valence-corrected chi connectivity index (χ0v) is 17.1. The smallest absolute Gasteiger partial charge is 0.240 e. The lowest BCUT2D eigenvalue weighted by molar-refractivity contribution is 0.122. The average molecular weight is 419 g/mol. The van der Waals surface area contributed by atoms with Crippen LogP contribution >= 0.6 is 0 Å². The average Bonchev–Trinajstić information content (AvgIpc) is 2.77. The topological polar surface area (TPSA) is 77.1 Å². The second-order valence-corrected chi connectivity index (χ2v) is 8.84. The second-order valence-electron chi connectivity index (χ2n) is 7.07. The number of rotatable bonds is 7. The maximum Gasteiger partial charge on any atom is 0.240 e. The molecule has 0 amide bonds. The van der Waals surface area contributed by atoms with Crippen LogP contribution < -0.4 is 19.1 Å². The van der Waals surface area contributed by atoms with Crippen LogP contribution in [0.15, 0.2) is 47.4 Å². The fraction of sp³-hybridized carbons (Fsp3) is 0.429. The molecule has 0 unspecified atom stereocenters. The number of hydrogen-bond donors (Lipinski definition) is 1. The summed E-state index contributed by atoms with van der Waals surface area (Å²) in [5.41, 5.74) is 2.40. The molecule has 4 rings (SSSR count). The van der Waals surface area contributed by atoms with Gasteiger partial charge in [-0.15, -0.1) is 0 Å². The van der Waals surface area contributed by atoms with Crippen molar-refractivity contribution in [3.63, 3.8) is 0 Å². The first-order valence-electron chi connectivity index (χ1n) is 9.93. The first-order chi connectivity index (χ1) is 14.1. The second kappa shape index (κ2) is 9.02. The summed E-state index contributed by atoms with van der Waals surface area (Å²) < 4.78 is 44.0. The van der Waals surface area contributed by atoms with Crippen LogP contribution in [-0.4, -0.2) is 54.5 Å². The number of fused-ring (bicyclic) bond motifs is 1. The number of nitrogens with zero attached hydrogens (tertiary/aromatic N) is 1. The lowest BCUT2D eigenvalue weighted by Crippen LogP contribution is -2.36. The highest BCUT2D eigenvalue weighted by molar-refractivity contribution is 7.89. The summed E-state index contributed by atoms with van der Waals surface area (Å²) >= 11 is 0. The molecule has 0 spiro atoms. The van der Waals surface area contributed by atoms with Gasteiger partial charge in [0, 0.05) is 31.4 Å². The molecule has 0 radical (unpaired) electrons. The summed E-state index contributed by atoms with van der Waals surface area (Å²) in [6.07, 6.45) is 1.54. The highest BCUT2D eigenvalue weighted by atomic mass is 32.2. The Morgan fingerprint density at radius 3 is 2.38 bits per heavy atom. The fourth-order valence-electron chi connectivity index (χ4n) is 3.47. The van der Waals surface area contributed by atoms with Crippen LogP contribution in [0.3, 0.4) is 0 Å². The molecule has 1 saturated heterocycles. The van der Waals surface area contributed by atoms with Crippen molar-refractivity contribution in [3.05, 3.63) is 48.0 Å². The Morgan fingerprint density at radius 1 is 0.897 bits per heavy atom. The molecule has 0 atom stereocenters. The van der Waals surface area contributed by atoms with Gasteiger partial charge in [0.1, 0.15) is 13.2 Å². The molecule has 0 bridgehead atoms. The van der Waals surface area contributed by atoms with Crippen LogP contribution in [0.1, 0.15) is 12.0 Å². The number of aryl methyl sites for hydroxylation is 1. The Bertz CT molecular complexity index is 925. The molecule has 0 aromatic heterocycles. The van der Waals surface area contributed by atoms with E-state index in [9.17, 15) is 8.42 Å². The predicted molar refractivity (Wildman–Crippen MR) is 110 cm³/mol. The molecule has 2 aliphatic rings. The van der Waals surface area contributed by atoms with Gasteiger partial charge < -0.3 is 19.1 Å². The summed E-state index contributed by atoms with van der Waals surface area (Å²) in [6.45, 7) is 4.65. The van der Waals surface area contributed by atoms with E-state index in [0.29, 0.717) is 31.3 Å². The Morgan fingerprint density at radius 2 is 1.62 bits per heavy atom. The van der Waals surface area contributed by atoms with E-state index < -0.39 is 10.0 Å². The van der Waals surface area contributed by atoms with Crippen molar-refractivity contribution >= 4 is 15.7 Å². The normalized spacial score (nSPS) is 16.6. The number of morpholine rings is 1. The molecule has 8 heteroatoms. The highest BCUT2D eigenvalue weighted by Crippen LogP contribution is 2.32. The Labute approximate surface area is 171 Å². The van der Waals surface area contributed by atoms with Crippen LogP contribution in [0.2, 0.25) is 0 Å². The van der Waals surface area contributed by atoms with Crippen LogP contribution in [0, 0.1) is 0 Å². The minimum absolute atomic E-state index is 0.191. The van der Waals surface area contributed by atoms with Gasteiger partial charge in [0.15, 0.2) is 11.5 Å². The van der Waals surface area contributed by atoms with Crippen molar-refractivity contribution in [2.24, 2.45) is 0 Å². The molecular weight excluding hydrogens is 392 g/mol. The largest absolute Gasteiger partial charge is 0.486 e. The highest BCUT2D eigenvalue weighted by Gasteiger charge is 2.19. The van der Waals surface area contributed by atoms with Gasteiger partial charge in [-0.05, 0) is 42.7 Å². The number of ether oxygens (including phenoxy) is 3. The number of sulfonamides is 1. The summed E-state index contributed by atoms with van der Waals surface area (Å²) in [5, 5.41) is 0.